The summed E-state index contributed by atoms with van der Waals surface area (Å²) in [5, 5.41) is 2.89. The Kier molecular flexibility index (Phi) is 8.40. The van der Waals surface area contributed by atoms with Crippen LogP contribution in [0.3, 0.4) is 0 Å². The fourth-order valence-electron chi connectivity index (χ4n) is 4.68. The highest BCUT2D eigenvalue weighted by molar-refractivity contribution is 6.00. The summed E-state index contributed by atoms with van der Waals surface area (Å²) in [5.74, 6) is -0.442. The standard InChI is InChI=1S/C26H38N4O5/c1-16(2)13-20(27-24(32)18-7-9-19(10-8-18)28(5)6)25(33)29-12-11-21-23(29)22(31)14-30(21)26(34)35-15-17(3)4/h7-10,16-17,20-21,23H,11-15H2,1-6H3,(H,27,32). The van der Waals surface area contributed by atoms with E-state index in [-0.39, 0.29) is 48.6 Å². The smallest absolute Gasteiger partial charge is 0.410 e. The fourth-order valence-corrected chi connectivity index (χ4v) is 4.68. The van der Waals surface area contributed by atoms with Crippen molar-refractivity contribution in [3.63, 3.8) is 0 Å². The third kappa shape index (κ3) is 6.13. The molecule has 0 spiro atoms. The highest BCUT2D eigenvalue weighted by Gasteiger charge is 2.52. The highest BCUT2D eigenvalue weighted by Crippen LogP contribution is 2.31. The monoisotopic (exact) mass is 486 g/mol. The lowest BCUT2D eigenvalue weighted by Gasteiger charge is -2.29. The number of nitrogens with one attached hydrogen (secondary N) is 1. The minimum atomic E-state index is -0.760. The van der Waals surface area contributed by atoms with E-state index >= 15 is 0 Å². The number of ketones is 1. The van der Waals surface area contributed by atoms with E-state index in [0.717, 1.165) is 5.69 Å². The van der Waals surface area contributed by atoms with Crippen molar-refractivity contribution < 1.29 is 23.9 Å². The lowest BCUT2D eigenvalue weighted by molar-refractivity contribution is -0.138. The van der Waals surface area contributed by atoms with E-state index < -0.39 is 18.2 Å². The second-order valence-corrected chi connectivity index (χ2v) is 10.5. The number of rotatable bonds is 8. The molecule has 3 unspecified atom stereocenters. The van der Waals surface area contributed by atoms with Crippen molar-refractivity contribution in [3.8, 4) is 0 Å². The number of hydrogen-bond donors (Lipinski definition) is 1. The first-order chi connectivity index (χ1) is 16.5. The van der Waals surface area contributed by atoms with Gasteiger partial charge in [0.2, 0.25) is 5.91 Å². The fraction of sp³-hybridized carbons (Fsp3) is 0.615. The third-order valence-corrected chi connectivity index (χ3v) is 6.44. The second-order valence-electron chi connectivity index (χ2n) is 10.5. The van der Waals surface area contributed by atoms with Gasteiger partial charge < -0.3 is 19.9 Å². The van der Waals surface area contributed by atoms with Gasteiger partial charge in [-0.1, -0.05) is 27.7 Å². The lowest BCUT2D eigenvalue weighted by atomic mass is 10.0. The predicted molar refractivity (Wildman–Crippen MR) is 133 cm³/mol. The number of carbonyl (C=O) groups excluding carboxylic acids is 4. The van der Waals surface area contributed by atoms with Crippen LogP contribution in [0.15, 0.2) is 24.3 Å². The zero-order valence-electron chi connectivity index (χ0n) is 21.6. The molecule has 0 bridgehead atoms. The van der Waals surface area contributed by atoms with Crippen LogP contribution in [-0.2, 0) is 14.3 Å². The van der Waals surface area contributed by atoms with Crippen molar-refractivity contribution in [1.29, 1.82) is 0 Å². The van der Waals surface area contributed by atoms with Crippen molar-refractivity contribution in [2.75, 3.05) is 38.7 Å². The summed E-state index contributed by atoms with van der Waals surface area (Å²) in [4.78, 5) is 56.9. The van der Waals surface area contributed by atoms with E-state index in [1.807, 2.05) is 58.8 Å². The van der Waals surface area contributed by atoms with Gasteiger partial charge in [0, 0.05) is 31.9 Å². The summed E-state index contributed by atoms with van der Waals surface area (Å²) in [6, 6.07) is 5.32. The number of benzene rings is 1. The van der Waals surface area contributed by atoms with Gasteiger partial charge in [-0.3, -0.25) is 19.3 Å². The van der Waals surface area contributed by atoms with Crippen molar-refractivity contribution in [3.05, 3.63) is 29.8 Å². The summed E-state index contributed by atoms with van der Waals surface area (Å²) in [6.07, 6.45) is 0.442. The molecule has 2 aliphatic heterocycles. The molecule has 1 aromatic rings. The molecule has 192 valence electrons. The van der Waals surface area contributed by atoms with Crippen molar-refractivity contribution >= 4 is 29.4 Å². The summed E-state index contributed by atoms with van der Waals surface area (Å²) in [7, 11) is 3.84. The molecule has 0 aromatic heterocycles. The summed E-state index contributed by atoms with van der Waals surface area (Å²) in [6.45, 7) is 8.44. The Labute approximate surface area is 207 Å². The van der Waals surface area contributed by atoms with Gasteiger partial charge >= 0.3 is 6.09 Å². The van der Waals surface area contributed by atoms with Gasteiger partial charge in [-0.25, -0.2) is 4.79 Å². The Morgan fingerprint density at radius 2 is 1.71 bits per heavy atom. The zero-order valence-corrected chi connectivity index (χ0v) is 21.6. The number of nitrogens with zero attached hydrogens (tertiary/aromatic N) is 3. The van der Waals surface area contributed by atoms with Gasteiger partial charge in [0.05, 0.1) is 19.2 Å². The second kappa shape index (κ2) is 11.1. The number of anilines is 1. The number of Topliss-reactive ketones (excluding diaryl/α,β-unsaturated/α-hetero) is 1. The van der Waals surface area contributed by atoms with E-state index in [2.05, 4.69) is 5.32 Å². The minimum absolute atomic E-state index is 0.0600. The number of ether oxygens (including phenoxy) is 1. The molecule has 9 nitrogen and oxygen atoms in total. The normalized spacial score (nSPS) is 20.3. The van der Waals surface area contributed by atoms with Crippen molar-refractivity contribution in [2.24, 2.45) is 11.8 Å². The van der Waals surface area contributed by atoms with Gasteiger partial charge in [0.15, 0.2) is 5.78 Å². The van der Waals surface area contributed by atoms with Crippen LogP contribution in [0.25, 0.3) is 0 Å². The molecule has 0 aliphatic carbocycles. The van der Waals surface area contributed by atoms with Crippen LogP contribution in [-0.4, -0.2) is 85.4 Å². The molecule has 1 aromatic carbocycles. The molecular weight excluding hydrogens is 448 g/mol. The van der Waals surface area contributed by atoms with Gasteiger partial charge in [-0.15, -0.1) is 0 Å². The van der Waals surface area contributed by atoms with Crippen LogP contribution in [0.5, 0.6) is 0 Å². The number of likely N-dealkylation sites (tertiary alicyclic amines) is 2. The quantitative estimate of drug-likeness (QED) is 0.606. The number of fused-ring (bicyclic) bond motifs is 1. The van der Waals surface area contributed by atoms with E-state index in [4.69, 9.17) is 4.74 Å². The van der Waals surface area contributed by atoms with Crippen LogP contribution in [0.1, 0.15) is 50.9 Å². The Hall–Kier alpha value is -3.10. The molecule has 3 atom stereocenters. The van der Waals surface area contributed by atoms with Gasteiger partial charge in [-0.2, -0.15) is 0 Å². The van der Waals surface area contributed by atoms with Crippen molar-refractivity contribution in [1.82, 2.24) is 15.1 Å². The number of carbonyl (C=O) groups is 4. The Bertz CT molecular complexity index is 944. The third-order valence-electron chi connectivity index (χ3n) is 6.44. The first kappa shape index (κ1) is 26.5. The number of amides is 3. The van der Waals surface area contributed by atoms with E-state index in [0.29, 0.717) is 24.9 Å². The molecule has 9 heteroatoms. The maximum absolute atomic E-state index is 13.6. The number of hydrogen-bond acceptors (Lipinski definition) is 6. The molecule has 3 amide bonds. The van der Waals surface area contributed by atoms with Crippen LogP contribution in [0.4, 0.5) is 10.5 Å². The summed E-state index contributed by atoms with van der Waals surface area (Å²) in [5.41, 5.74) is 1.43. The topological polar surface area (TPSA) is 99.3 Å². The van der Waals surface area contributed by atoms with Gasteiger partial charge in [0.25, 0.3) is 5.91 Å². The van der Waals surface area contributed by atoms with Gasteiger partial charge in [0.1, 0.15) is 12.1 Å². The predicted octanol–water partition coefficient (Wildman–Crippen LogP) is 2.54. The maximum atomic E-state index is 13.6. The molecule has 0 radical (unpaired) electrons. The van der Waals surface area contributed by atoms with Crippen molar-refractivity contribution in [2.45, 2.75) is 58.7 Å². The largest absolute Gasteiger partial charge is 0.449 e. The average molecular weight is 487 g/mol. The summed E-state index contributed by atoms with van der Waals surface area (Å²) >= 11 is 0. The van der Waals surface area contributed by atoms with E-state index in [1.165, 1.54) is 4.90 Å². The molecule has 2 aliphatic rings. The molecule has 0 saturated carbocycles. The van der Waals surface area contributed by atoms with Crippen LogP contribution < -0.4 is 10.2 Å². The highest BCUT2D eigenvalue weighted by atomic mass is 16.6. The van der Waals surface area contributed by atoms with Gasteiger partial charge in [-0.05, 0) is 48.9 Å². The zero-order chi connectivity index (χ0) is 25.9. The molecule has 3 rings (SSSR count). The lowest BCUT2D eigenvalue weighted by Crippen LogP contribution is -2.53. The Morgan fingerprint density at radius 1 is 1.06 bits per heavy atom. The van der Waals surface area contributed by atoms with Crippen LogP contribution in [0.2, 0.25) is 0 Å². The molecular formula is C26H38N4O5. The summed E-state index contributed by atoms with van der Waals surface area (Å²) < 4.78 is 5.34. The average Bonchev–Trinajstić information content (AvgIpc) is 3.37. The minimum Gasteiger partial charge on any atom is -0.449 e. The molecule has 2 heterocycles. The molecule has 2 fully saturated rings. The maximum Gasteiger partial charge on any atom is 0.410 e. The molecule has 1 N–H and O–H groups in total. The molecule has 2 saturated heterocycles. The SMILES string of the molecule is CC(C)COC(=O)N1CC(=O)C2C1CCN2C(=O)C(CC(C)C)NC(=O)c1ccc(N(C)C)cc1. The van der Waals surface area contributed by atoms with Crippen LogP contribution in [0, 0.1) is 11.8 Å². The Morgan fingerprint density at radius 3 is 2.29 bits per heavy atom. The van der Waals surface area contributed by atoms with E-state index in [9.17, 15) is 19.2 Å². The van der Waals surface area contributed by atoms with Crippen LogP contribution >= 0.6 is 0 Å². The molecule has 35 heavy (non-hydrogen) atoms. The first-order valence-corrected chi connectivity index (χ1v) is 12.3. The Balaban J connectivity index is 1.72. The first-order valence-electron chi connectivity index (χ1n) is 12.3. The van der Waals surface area contributed by atoms with E-state index in [1.54, 1.807) is 17.0 Å².